The van der Waals surface area contributed by atoms with E-state index in [-0.39, 0.29) is 18.0 Å². The molecule has 0 spiro atoms. The number of esters is 1. The molecule has 0 unspecified atom stereocenters. The van der Waals surface area contributed by atoms with E-state index in [1.165, 1.54) is 6.42 Å². The molecule has 3 aliphatic rings. The minimum absolute atomic E-state index is 0.0597. The molecule has 2 saturated carbocycles. The lowest BCUT2D eigenvalue weighted by atomic mass is 9.90. The summed E-state index contributed by atoms with van der Waals surface area (Å²) in [6.07, 6.45) is 2.48. The third-order valence-corrected chi connectivity index (χ3v) is 4.66. The highest BCUT2D eigenvalue weighted by atomic mass is 79.9. The van der Waals surface area contributed by atoms with Crippen LogP contribution in [0.5, 0.6) is 0 Å². The van der Waals surface area contributed by atoms with Crippen LogP contribution in [-0.2, 0) is 9.53 Å². The number of ether oxygens (including phenoxy) is 1. The van der Waals surface area contributed by atoms with E-state index in [4.69, 9.17) is 4.74 Å². The van der Waals surface area contributed by atoms with Gasteiger partial charge in [0.1, 0.15) is 6.10 Å². The fourth-order valence-electron chi connectivity index (χ4n) is 2.88. The van der Waals surface area contributed by atoms with E-state index in [1.807, 2.05) is 0 Å². The van der Waals surface area contributed by atoms with E-state index in [0.29, 0.717) is 16.7 Å². The average molecular weight is 217 g/mol. The van der Waals surface area contributed by atoms with Crippen molar-refractivity contribution in [1.82, 2.24) is 0 Å². The van der Waals surface area contributed by atoms with Crippen LogP contribution >= 0.6 is 15.9 Å². The summed E-state index contributed by atoms with van der Waals surface area (Å²) in [4.78, 5) is 11.6. The van der Waals surface area contributed by atoms with Crippen molar-refractivity contribution in [3.05, 3.63) is 0 Å². The largest absolute Gasteiger partial charge is 0.461 e. The molecule has 3 rings (SSSR count). The van der Waals surface area contributed by atoms with Crippen LogP contribution < -0.4 is 0 Å². The van der Waals surface area contributed by atoms with Gasteiger partial charge in [-0.25, -0.2) is 0 Å². The summed E-state index contributed by atoms with van der Waals surface area (Å²) in [5.74, 6) is 1.58. The average Bonchev–Trinajstić information content (AvgIpc) is 2.53. The van der Waals surface area contributed by atoms with Gasteiger partial charge in [-0.1, -0.05) is 15.9 Å². The van der Waals surface area contributed by atoms with Gasteiger partial charge in [-0.15, -0.1) is 0 Å². The molecule has 1 saturated heterocycles. The number of hydrogen-bond donors (Lipinski definition) is 0. The molecular weight excluding hydrogens is 208 g/mol. The van der Waals surface area contributed by atoms with Gasteiger partial charge in [-0.3, -0.25) is 4.79 Å². The maximum absolute atomic E-state index is 11.2. The standard InChI is InChI=1S/C8H9BrO2/c9-6-3-1-4-5(2-3)8(10)11-7(4)6/h3-7H,1-2H2/t3-,4+,5+,6+,7-/m0/s1. The van der Waals surface area contributed by atoms with Gasteiger partial charge in [0.25, 0.3) is 0 Å². The summed E-state index contributed by atoms with van der Waals surface area (Å²) >= 11 is 3.60. The first-order chi connectivity index (χ1) is 5.27. The second-order valence-electron chi connectivity index (χ2n) is 3.85. The van der Waals surface area contributed by atoms with Crippen LogP contribution in [0.15, 0.2) is 0 Å². The Kier molecular flexibility index (Phi) is 1.07. The zero-order chi connectivity index (χ0) is 7.59. The molecule has 0 aromatic rings. The van der Waals surface area contributed by atoms with Crippen molar-refractivity contribution < 1.29 is 9.53 Å². The van der Waals surface area contributed by atoms with Gasteiger partial charge < -0.3 is 4.74 Å². The van der Waals surface area contributed by atoms with Crippen molar-refractivity contribution in [3.63, 3.8) is 0 Å². The van der Waals surface area contributed by atoms with Gasteiger partial charge >= 0.3 is 5.97 Å². The maximum atomic E-state index is 11.2. The quantitative estimate of drug-likeness (QED) is 0.452. The fraction of sp³-hybridized carbons (Fsp3) is 0.875. The molecule has 0 radical (unpaired) electrons. The smallest absolute Gasteiger partial charge is 0.309 e. The number of alkyl halides is 1. The Morgan fingerprint density at radius 2 is 2.27 bits per heavy atom. The van der Waals surface area contributed by atoms with Crippen molar-refractivity contribution in [1.29, 1.82) is 0 Å². The van der Waals surface area contributed by atoms with Crippen molar-refractivity contribution in [3.8, 4) is 0 Å². The Labute approximate surface area is 73.4 Å². The van der Waals surface area contributed by atoms with E-state index >= 15 is 0 Å². The predicted molar refractivity (Wildman–Crippen MR) is 42.3 cm³/mol. The number of rotatable bonds is 0. The molecule has 0 aromatic heterocycles. The summed E-state index contributed by atoms with van der Waals surface area (Å²) in [5.41, 5.74) is 0. The highest BCUT2D eigenvalue weighted by molar-refractivity contribution is 9.09. The van der Waals surface area contributed by atoms with E-state index < -0.39 is 0 Å². The second kappa shape index (κ2) is 1.82. The Hall–Kier alpha value is -0.0500. The van der Waals surface area contributed by atoms with Crippen molar-refractivity contribution >= 4 is 21.9 Å². The third-order valence-electron chi connectivity index (χ3n) is 3.39. The van der Waals surface area contributed by atoms with Gasteiger partial charge in [0.15, 0.2) is 0 Å². The van der Waals surface area contributed by atoms with Crippen LogP contribution in [-0.4, -0.2) is 16.9 Å². The summed E-state index contributed by atoms with van der Waals surface area (Å²) in [5, 5.41) is 0. The van der Waals surface area contributed by atoms with Gasteiger partial charge in [0.2, 0.25) is 0 Å². The molecule has 3 heteroatoms. The van der Waals surface area contributed by atoms with E-state index in [1.54, 1.807) is 0 Å². The zero-order valence-electron chi connectivity index (χ0n) is 6.00. The van der Waals surface area contributed by atoms with Gasteiger partial charge in [-0.05, 0) is 18.8 Å². The first-order valence-electron chi connectivity index (χ1n) is 4.12. The summed E-state index contributed by atoms with van der Waals surface area (Å²) < 4.78 is 5.27. The Morgan fingerprint density at radius 1 is 1.45 bits per heavy atom. The lowest BCUT2D eigenvalue weighted by Gasteiger charge is -2.18. The molecule has 1 heterocycles. The summed E-state index contributed by atoms with van der Waals surface area (Å²) in [7, 11) is 0. The number of hydrogen-bond acceptors (Lipinski definition) is 2. The molecule has 0 aromatic carbocycles. The van der Waals surface area contributed by atoms with Crippen LogP contribution in [0.2, 0.25) is 0 Å². The molecule has 1 aliphatic heterocycles. The molecule has 2 aliphatic carbocycles. The normalized spacial score (nSPS) is 58.6. The molecule has 60 valence electrons. The van der Waals surface area contributed by atoms with E-state index in [2.05, 4.69) is 15.9 Å². The van der Waals surface area contributed by atoms with Gasteiger partial charge in [-0.2, -0.15) is 0 Å². The molecule has 2 bridgehead atoms. The number of carbonyl (C=O) groups is 1. The SMILES string of the molecule is O=C1O[C@@H]2[C@H](Br)[C@H]3C[C@@H]2[C@H]1C3. The van der Waals surface area contributed by atoms with E-state index in [9.17, 15) is 4.79 Å². The molecule has 5 atom stereocenters. The molecule has 0 N–H and O–H groups in total. The van der Waals surface area contributed by atoms with Crippen LogP contribution in [0.1, 0.15) is 12.8 Å². The van der Waals surface area contributed by atoms with E-state index in [0.717, 1.165) is 6.42 Å². The monoisotopic (exact) mass is 216 g/mol. The number of fused-ring (bicyclic) bond motifs is 1. The van der Waals surface area contributed by atoms with Crippen molar-refractivity contribution in [2.75, 3.05) is 0 Å². The van der Waals surface area contributed by atoms with Crippen LogP contribution in [0, 0.1) is 17.8 Å². The Balaban J connectivity index is 2.04. The molecule has 0 amide bonds. The first-order valence-corrected chi connectivity index (χ1v) is 5.03. The molecule has 3 fully saturated rings. The maximum Gasteiger partial charge on any atom is 0.309 e. The molecule has 11 heavy (non-hydrogen) atoms. The highest BCUT2D eigenvalue weighted by Crippen LogP contribution is 2.56. The molecular formula is C8H9BrO2. The van der Waals surface area contributed by atoms with Gasteiger partial charge in [0.05, 0.1) is 10.7 Å². The van der Waals surface area contributed by atoms with Crippen LogP contribution in [0.3, 0.4) is 0 Å². The minimum Gasteiger partial charge on any atom is -0.461 e. The Morgan fingerprint density at radius 3 is 2.91 bits per heavy atom. The summed E-state index contributed by atoms with van der Waals surface area (Å²) in [6, 6.07) is 0. The molecule has 2 nitrogen and oxygen atoms in total. The highest BCUT2D eigenvalue weighted by Gasteiger charge is 2.60. The summed E-state index contributed by atoms with van der Waals surface area (Å²) in [6.45, 7) is 0. The van der Waals surface area contributed by atoms with Crippen molar-refractivity contribution in [2.45, 2.75) is 23.8 Å². The topological polar surface area (TPSA) is 26.3 Å². The second-order valence-corrected chi connectivity index (χ2v) is 4.91. The first kappa shape index (κ1) is 6.46. The lowest BCUT2D eigenvalue weighted by molar-refractivity contribution is -0.143. The lowest BCUT2D eigenvalue weighted by Crippen LogP contribution is -2.26. The van der Waals surface area contributed by atoms with Gasteiger partial charge in [0, 0.05) is 5.92 Å². The zero-order valence-corrected chi connectivity index (χ0v) is 7.58. The predicted octanol–water partition coefficient (Wildman–Crippen LogP) is 1.33. The number of halogens is 1. The Bertz CT molecular complexity index is 228. The minimum atomic E-state index is 0.0597. The van der Waals surface area contributed by atoms with Crippen LogP contribution in [0.4, 0.5) is 0 Å². The van der Waals surface area contributed by atoms with Crippen molar-refractivity contribution in [2.24, 2.45) is 17.8 Å². The number of carbonyl (C=O) groups excluding carboxylic acids is 1. The van der Waals surface area contributed by atoms with Crippen LogP contribution in [0.25, 0.3) is 0 Å². The fourth-order valence-corrected chi connectivity index (χ4v) is 3.82. The third kappa shape index (κ3) is 0.616.